The Morgan fingerprint density at radius 3 is 2.89 bits per heavy atom. The van der Waals surface area contributed by atoms with Crippen LogP contribution in [-0.4, -0.2) is 15.0 Å². The van der Waals surface area contributed by atoms with Crippen molar-refractivity contribution in [3.05, 3.63) is 39.9 Å². The van der Waals surface area contributed by atoms with Crippen LogP contribution in [0.15, 0.2) is 33.3 Å². The number of aromatic nitrogens is 3. The maximum Gasteiger partial charge on any atom is 0.251 e. The number of pyridine rings is 1. The quantitative estimate of drug-likeness (QED) is 0.836. The van der Waals surface area contributed by atoms with Gasteiger partial charge in [-0.2, -0.15) is 0 Å². The van der Waals surface area contributed by atoms with Crippen LogP contribution < -0.4 is 11.3 Å². The molecule has 0 fully saturated rings. The van der Waals surface area contributed by atoms with Crippen molar-refractivity contribution in [3.8, 4) is 0 Å². The fourth-order valence-electron chi connectivity index (χ4n) is 1.61. The van der Waals surface area contributed by atoms with Crippen molar-refractivity contribution in [1.29, 1.82) is 0 Å². The highest BCUT2D eigenvalue weighted by Crippen LogP contribution is 2.24. The molecule has 2 heterocycles. The van der Waals surface area contributed by atoms with E-state index in [9.17, 15) is 4.79 Å². The second-order valence-corrected chi connectivity index (χ2v) is 5.28. The Labute approximate surface area is 115 Å². The molecule has 0 spiro atoms. The van der Waals surface area contributed by atoms with Gasteiger partial charge in [0.05, 0.1) is 11.9 Å². The number of nitrogens with one attached hydrogen (secondary N) is 1. The molecule has 0 saturated carbocycles. The van der Waals surface area contributed by atoms with Crippen molar-refractivity contribution >= 4 is 17.4 Å². The Hall–Kier alpha value is -1.82. The average molecular weight is 276 g/mol. The van der Waals surface area contributed by atoms with Crippen LogP contribution in [0.25, 0.3) is 0 Å². The fraction of sp³-hybridized carbons (Fsp3) is 0.308. The molecule has 0 aliphatic rings. The molecule has 2 rings (SSSR count). The zero-order valence-corrected chi connectivity index (χ0v) is 11.8. The van der Waals surface area contributed by atoms with Crippen LogP contribution in [0, 0.1) is 6.92 Å². The summed E-state index contributed by atoms with van der Waals surface area (Å²) < 4.78 is 0. The van der Waals surface area contributed by atoms with E-state index < -0.39 is 0 Å². The normalized spacial score (nSPS) is 10.6. The third kappa shape index (κ3) is 3.57. The molecule has 0 aromatic carbocycles. The number of H-pyrrole nitrogens is 1. The lowest BCUT2D eigenvalue weighted by Gasteiger charge is -2.04. The molecule has 3 N–H and O–H groups in total. The average Bonchev–Trinajstić information content (AvgIpc) is 2.33. The second-order valence-electron chi connectivity index (χ2n) is 4.27. The largest absolute Gasteiger partial charge is 0.397 e. The van der Waals surface area contributed by atoms with E-state index >= 15 is 0 Å². The van der Waals surface area contributed by atoms with Crippen molar-refractivity contribution in [2.45, 2.75) is 36.9 Å². The highest BCUT2D eigenvalue weighted by atomic mass is 32.2. The van der Waals surface area contributed by atoms with Crippen molar-refractivity contribution in [2.24, 2.45) is 0 Å². The zero-order valence-electron chi connectivity index (χ0n) is 10.9. The highest BCUT2D eigenvalue weighted by molar-refractivity contribution is 7.99. The van der Waals surface area contributed by atoms with E-state index in [1.165, 1.54) is 17.8 Å². The molecule has 0 aliphatic heterocycles. The summed E-state index contributed by atoms with van der Waals surface area (Å²) in [5, 5.41) is 1.33. The molecular weight excluding hydrogens is 260 g/mol. The van der Waals surface area contributed by atoms with Crippen molar-refractivity contribution in [3.63, 3.8) is 0 Å². The van der Waals surface area contributed by atoms with Gasteiger partial charge in [-0.15, -0.1) is 0 Å². The van der Waals surface area contributed by atoms with Gasteiger partial charge < -0.3 is 10.7 Å². The van der Waals surface area contributed by atoms with E-state index in [4.69, 9.17) is 5.73 Å². The molecule has 19 heavy (non-hydrogen) atoms. The number of nitrogen functional groups attached to an aromatic ring is 1. The van der Waals surface area contributed by atoms with Crippen LogP contribution in [0.2, 0.25) is 0 Å². The number of hydrogen-bond donors (Lipinski definition) is 2. The Morgan fingerprint density at radius 2 is 2.21 bits per heavy atom. The number of hydrogen-bond acceptors (Lipinski definition) is 5. The van der Waals surface area contributed by atoms with Crippen LogP contribution in [0.5, 0.6) is 0 Å². The van der Waals surface area contributed by atoms with E-state index in [0.29, 0.717) is 10.8 Å². The van der Waals surface area contributed by atoms with Gasteiger partial charge in [0, 0.05) is 11.8 Å². The minimum atomic E-state index is -0.131. The third-order valence-electron chi connectivity index (χ3n) is 2.61. The first-order valence-corrected chi connectivity index (χ1v) is 6.90. The van der Waals surface area contributed by atoms with E-state index in [1.807, 2.05) is 13.0 Å². The predicted octanol–water partition coefficient (Wildman–Crippen LogP) is 2.16. The maximum absolute atomic E-state index is 11.5. The number of anilines is 1. The van der Waals surface area contributed by atoms with Crippen molar-refractivity contribution < 1.29 is 0 Å². The van der Waals surface area contributed by atoms with Gasteiger partial charge in [0.15, 0.2) is 5.16 Å². The smallest absolute Gasteiger partial charge is 0.251 e. The summed E-state index contributed by atoms with van der Waals surface area (Å²) in [5.74, 6) is 0. The summed E-state index contributed by atoms with van der Waals surface area (Å²) in [6.07, 6.45) is 3.37. The van der Waals surface area contributed by atoms with Crippen LogP contribution in [0.4, 0.5) is 5.69 Å². The molecule has 0 radical (unpaired) electrons. The first-order chi connectivity index (χ1) is 9.08. The van der Waals surface area contributed by atoms with E-state index in [2.05, 4.69) is 21.9 Å². The molecule has 2 aromatic heterocycles. The lowest BCUT2D eigenvalue weighted by Crippen LogP contribution is -2.09. The molecule has 100 valence electrons. The first kappa shape index (κ1) is 13.6. The molecule has 0 aliphatic carbocycles. The van der Waals surface area contributed by atoms with Gasteiger partial charge in [0.25, 0.3) is 5.56 Å². The minimum Gasteiger partial charge on any atom is -0.397 e. The molecule has 2 aromatic rings. The molecule has 0 saturated heterocycles. The number of rotatable bonds is 4. The number of nitrogens with two attached hydrogens (primary N) is 1. The van der Waals surface area contributed by atoms with Gasteiger partial charge in [-0.05, 0) is 36.7 Å². The van der Waals surface area contributed by atoms with Gasteiger partial charge >= 0.3 is 0 Å². The third-order valence-corrected chi connectivity index (χ3v) is 3.43. The summed E-state index contributed by atoms with van der Waals surface area (Å²) in [5.41, 5.74) is 8.02. The van der Waals surface area contributed by atoms with Gasteiger partial charge in [-0.25, -0.2) is 9.97 Å². The van der Waals surface area contributed by atoms with Crippen LogP contribution >= 0.6 is 11.8 Å². The van der Waals surface area contributed by atoms with Gasteiger partial charge in [0.1, 0.15) is 5.03 Å². The molecule has 5 nitrogen and oxygen atoms in total. The van der Waals surface area contributed by atoms with Crippen molar-refractivity contribution in [2.75, 3.05) is 5.73 Å². The second kappa shape index (κ2) is 5.88. The predicted molar refractivity (Wildman–Crippen MR) is 76.4 cm³/mol. The van der Waals surface area contributed by atoms with Gasteiger partial charge in [0.2, 0.25) is 0 Å². The summed E-state index contributed by atoms with van der Waals surface area (Å²) >= 11 is 1.33. The fourth-order valence-corrected chi connectivity index (χ4v) is 2.47. The first-order valence-electron chi connectivity index (χ1n) is 6.08. The molecular formula is C13H16N4OS. The summed E-state index contributed by atoms with van der Waals surface area (Å²) in [4.78, 5) is 22.9. The van der Waals surface area contributed by atoms with Gasteiger partial charge in [-0.1, -0.05) is 13.3 Å². The molecule has 6 heteroatoms. The zero-order chi connectivity index (χ0) is 13.8. The Kier molecular flexibility index (Phi) is 4.21. The molecule has 0 bridgehead atoms. The molecule has 0 atom stereocenters. The van der Waals surface area contributed by atoms with Gasteiger partial charge in [-0.3, -0.25) is 4.79 Å². The monoisotopic (exact) mass is 276 g/mol. The Bertz CT molecular complexity index is 639. The minimum absolute atomic E-state index is 0.131. The van der Waals surface area contributed by atoms with Crippen molar-refractivity contribution in [1.82, 2.24) is 15.0 Å². The summed E-state index contributed by atoms with van der Waals surface area (Å²) in [7, 11) is 0. The number of aromatic amines is 1. The van der Waals surface area contributed by atoms with E-state index in [-0.39, 0.29) is 5.56 Å². The summed E-state index contributed by atoms with van der Waals surface area (Å²) in [6, 6.07) is 3.42. The van der Waals surface area contributed by atoms with Crippen LogP contribution in [0.1, 0.15) is 24.6 Å². The Balaban J connectivity index is 2.27. The van der Waals surface area contributed by atoms with Crippen LogP contribution in [0.3, 0.4) is 0 Å². The number of nitrogens with zero attached hydrogens (tertiary/aromatic N) is 2. The van der Waals surface area contributed by atoms with E-state index in [1.54, 1.807) is 6.20 Å². The standard InChI is InChI=1S/C13H16N4OS/c1-3-4-9-6-11(18)17-13(16-9)19-12-5-8(2)10(14)7-15-12/h5-7H,3-4,14H2,1-2H3,(H,16,17,18). The Morgan fingerprint density at radius 1 is 1.42 bits per heavy atom. The van der Waals surface area contributed by atoms with Crippen LogP contribution in [-0.2, 0) is 6.42 Å². The SMILES string of the molecule is CCCc1cc(=O)[nH]c(Sc2cc(C)c(N)cn2)n1. The number of aryl methyl sites for hydroxylation is 2. The highest BCUT2D eigenvalue weighted by Gasteiger charge is 2.05. The molecule has 0 amide bonds. The topological polar surface area (TPSA) is 84.7 Å². The summed E-state index contributed by atoms with van der Waals surface area (Å²) in [6.45, 7) is 3.98. The lowest BCUT2D eigenvalue weighted by molar-refractivity contribution is 0.815. The lowest BCUT2D eigenvalue weighted by atomic mass is 10.2. The van der Waals surface area contributed by atoms with E-state index in [0.717, 1.165) is 29.1 Å². The molecule has 0 unspecified atom stereocenters. The maximum atomic E-state index is 11.5.